The lowest BCUT2D eigenvalue weighted by Crippen LogP contribution is -2.36. The minimum atomic E-state index is 0.254. The molecule has 120 valence electrons. The predicted molar refractivity (Wildman–Crippen MR) is 93.6 cm³/mol. The summed E-state index contributed by atoms with van der Waals surface area (Å²) in [6, 6.07) is 4.83. The van der Waals surface area contributed by atoms with Gasteiger partial charge in [0.2, 0.25) is 0 Å². The van der Waals surface area contributed by atoms with Crippen LogP contribution in [0.25, 0.3) is 0 Å². The van der Waals surface area contributed by atoms with E-state index in [-0.39, 0.29) is 6.04 Å². The van der Waals surface area contributed by atoms with Crippen LogP contribution in [0, 0.1) is 38.5 Å². The molecule has 0 aromatic heterocycles. The topological polar surface area (TPSA) is 38.0 Å². The standard InChI is InChI=1S/C19H34N2/c1-12(2)18(13(3)4)11-21-19(10-20)17-9-15(6)14(5)8-16(17)7/h8-9,12-13,18-19,21H,10-11,20H2,1-7H3. The number of nitrogens with one attached hydrogen (secondary N) is 1. The van der Waals surface area contributed by atoms with Crippen LogP contribution < -0.4 is 11.1 Å². The number of hydrogen-bond acceptors (Lipinski definition) is 2. The van der Waals surface area contributed by atoms with Crippen molar-refractivity contribution in [3.05, 3.63) is 34.4 Å². The normalized spacial score (nSPS) is 13.5. The van der Waals surface area contributed by atoms with E-state index in [9.17, 15) is 0 Å². The van der Waals surface area contributed by atoms with Gasteiger partial charge < -0.3 is 11.1 Å². The van der Waals surface area contributed by atoms with E-state index in [4.69, 9.17) is 5.73 Å². The first-order valence-electron chi connectivity index (χ1n) is 8.29. The van der Waals surface area contributed by atoms with Crippen LogP contribution in [0.1, 0.15) is 56.0 Å². The van der Waals surface area contributed by atoms with Crippen LogP contribution >= 0.6 is 0 Å². The zero-order valence-corrected chi connectivity index (χ0v) is 15.0. The molecule has 0 saturated carbocycles. The highest BCUT2D eigenvalue weighted by molar-refractivity contribution is 5.38. The van der Waals surface area contributed by atoms with Crippen molar-refractivity contribution in [3.8, 4) is 0 Å². The molecular weight excluding hydrogens is 256 g/mol. The van der Waals surface area contributed by atoms with Gasteiger partial charge in [-0.2, -0.15) is 0 Å². The van der Waals surface area contributed by atoms with Gasteiger partial charge in [0, 0.05) is 12.6 Å². The van der Waals surface area contributed by atoms with E-state index in [0.29, 0.717) is 24.3 Å². The third-order valence-corrected chi connectivity index (χ3v) is 4.81. The quantitative estimate of drug-likeness (QED) is 0.792. The van der Waals surface area contributed by atoms with E-state index in [1.807, 2.05) is 0 Å². The fourth-order valence-corrected chi connectivity index (χ4v) is 3.20. The minimum Gasteiger partial charge on any atom is -0.329 e. The summed E-state index contributed by atoms with van der Waals surface area (Å²) in [5, 5.41) is 3.71. The van der Waals surface area contributed by atoms with E-state index in [2.05, 4.69) is 65.9 Å². The van der Waals surface area contributed by atoms with Crippen LogP contribution in [0.5, 0.6) is 0 Å². The molecule has 1 aromatic carbocycles. The first-order valence-corrected chi connectivity index (χ1v) is 8.29. The molecule has 1 atom stereocenters. The molecule has 1 unspecified atom stereocenters. The van der Waals surface area contributed by atoms with Crippen molar-refractivity contribution < 1.29 is 0 Å². The molecule has 0 bridgehead atoms. The first kappa shape index (κ1) is 18.2. The molecule has 0 aliphatic rings. The highest BCUT2D eigenvalue weighted by Crippen LogP contribution is 2.24. The van der Waals surface area contributed by atoms with Crippen molar-refractivity contribution >= 4 is 0 Å². The molecule has 0 amide bonds. The summed E-state index contributed by atoms with van der Waals surface area (Å²) in [7, 11) is 0. The van der Waals surface area contributed by atoms with Crippen LogP contribution in [0.3, 0.4) is 0 Å². The monoisotopic (exact) mass is 290 g/mol. The van der Waals surface area contributed by atoms with E-state index < -0.39 is 0 Å². The molecule has 1 rings (SSSR count). The lowest BCUT2D eigenvalue weighted by molar-refractivity contribution is 0.266. The summed E-state index contributed by atoms with van der Waals surface area (Å²) in [5.41, 5.74) is 11.4. The highest BCUT2D eigenvalue weighted by Gasteiger charge is 2.20. The van der Waals surface area contributed by atoms with Crippen LogP contribution in [0.4, 0.5) is 0 Å². The Morgan fingerprint density at radius 1 is 0.905 bits per heavy atom. The molecule has 2 heteroatoms. The molecule has 0 spiro atoms. The predicted octanol–water partition coefficient (Wildman–Crippen LogP) is 4.13. The van der Waals surface area contributed by atoms with Gasteiger partial charge in [-0.25, -0.2) is 0 Å². The maximum Gasteiger partial charge on any atom is 0.0447 e. The van der Waals surface area contributed by atoms with Crippen molar-refractivity contribution in [1.29, 1.82) is 0 Å². The fraction of sp³-hybridized carbons (Fsp3) is 0.684. The maximum absolute atomic E-state index is 6.04. The number of benzene rings is 1. The van der Waals surface area contributed by atoms with E-state index in [1.165, 1.54) is 22.3 Å². The molecule has 21 heavy (non-hydrogen) atoms. The van der Waals surface area contributed by atoms with Gasteiger partial charge in [0.1, 0.15) is 0 Å². The molecule has 0 radical (unpaired) electrons. The molecule has 2 nitrogen and oxygen atoms in total. The van der Waals surface area contributed by atoms with Gasteiger partial charge in [-0.05, 0) is 67.3 Å². The Hall–Kier alpha value is -0.860. The summed E-state index contributed by atoms with van der Waals surface area (Å²) in [6.45, 7) is 17.5. The Balaban J connectivity index is 2.87. The van der Waals surface area contributed by atoms with Gasteiger partial charge in [0.15, 0.2) is 0 Å². The smallest absolute Gasteiger partial charge is 0.0447 e. The first-order chi connectivity index (χ1) is 9.77. The van der Waals surface area contributed by atoms with Crippen molar-refractivity contribution in [3.63, 3.8) is 0 Å². The van der Waals surface area contributed by atoms with Gasteiger partial charge >= 0.3 is 0 Å². The minimum absolute atomic E-state index is 0.254. The number of aryl methyl sites for hydroxylation is 3. The Morgan fingerprint density at radius 3 is 1.90 bits per heavy atom. The molecule has 3 N–H and O–H groups in total. The Bertz CT molecular complexity index is 441. The maximum atomic E-state index is 6.04. The average Bonchev–Trinajstić information content (AvgIpc) is 2.38. The van der Waals surface area contributed by atoms with E-state index >= 15 is 0 Å². The third kappa shape index (κ3) is 4.82. The van der Waals surface area contributed by atoms with Crippen molar-refractivity contribution in [2.45, 2.75) is 54.5 Å². The highest BCUT2D eigenvalue weighted by atomic mass is 14.9. The summed E-state index contributed by atoms with van der Waals surface area (Å²) >= 11 is 0. The number of nitrogens with two attached hydrogens (primary N) is 1. The molecule has 0 aliphatic heterocycles. The number of rotatable bonds is 7. The van der Waals surface area contributed by atoms with Gasteiger partial charge in [0.25, 0.3) is 0 Å². The van der Waals surface area contributed by atoms with Crippen molar-refractivity contribution in [1.82, 2.24) is 5.32 Å². The molecular formula is C19H34N2. The van der Waals surface area contributed by atoms with Gasteiger partial charge in [-0.3, -0.25) is 0 Å². The van der Waals surface area contributed by atoms with Gasteiger partial charge in [0.05, 0.1) is 0 Å². The molecule has 0 aliphatic carbocycles. The number of hydrogen-bond donors (Lipinski definition) is 2. The van der Waals surface area contributed by atoms with Gasteiger partial charge in [-0.15, -0.1) is 0 Å². The van der Waals surface area contributed by atoms with Crippen LogP contribution in [-0.2, 0) is 0 Å². The summed E-state index contributed by atoms with van der Waals surface area (Å²) in [4.78, 5) is 0. The second-order valence-electron chi connectivity index (χ2n) is 7.14. The molecule has 0 saturated heterocycles. The van der Waals surface area contributed by atoms with Gasteiger partial charge in [-0.1, -0.05) is 39.8 Å². The molecule has 0 heterocycles. The van der Waals surface area contributed by atoms with E-state index in [1.54, 1.807) is 0 Å². The average molecular weight is 290 g/mol. The van der Waals surface area contributed by atoms with Crippen molar-refractivity contribution in [2.24, 2.45) is 23.5 Å². The zero-order chi connectivity index (χ0) is 16.2. The Morgan fingerprint density at radius 2 is 1.43 bits per heavy atom. The zero-order valence-electron chi connectivity index (χ0n) is 15.0. The Kier molecular flexibility index (Phi) is 6.89. The van der Waals surface area contributed by atoms with Crippen LogP contribution in [-0.4, -0.2) is 13.1 Å². The summed E-state index contributed by atoms with van der Waals surface area (Å²) < 4.78 is 0. The van der Waals surface area contributed by atoms with Crippen molar-refractivity contribution in [2.75, 3.05) is 13.1 Å². The van der Waals surface area contributed by atoms with Crippen LogP contribution in [0.15, 0.2) is 12.1 Å². The SMILES string of the molecule is Cc1cc(C)c(C(CN)NCC(C(C)C)C(C)C)cc1C. The second kappa shape index (κ2) is 7.95. The third-order valence-electron chi connectivity index (χ3n) is 4.81. The molecule has 0 fully saturated rings. The molecule has 1 aromatic rings. The van der Waals surface area contributed by atoms with Crippen LogP contribution in [0.2, 0.25) is 0 Å². The largest absolute Gasteiger partial charge is 0.329 e. The lowest BCUT2D eigenvalue weighted by atomic mass is 9.85. The van der Waals surface area contributed by atoms with E-state index in [0.717, 1.165) is 6.54 Å². The lowest BCUT2D eigenvalue weighted by Gasteiger charge is -2.28. The summed E-state index contributed by atoms with van der Waals surface area (Å²) in [5.74, 6) is 2.07. The summed E-state index contributed by atoms with van der Waals surface area (Å²) in [6.07, 6.45) is 0. The fourth-order valence-electron chi connectivity index (χ4n) is 3.20. The second-order valence-corrected chi connectivity index (χ2v) is 7.14. The Labute approximate surface area is 131 Å².